The van der Waals surface area contributed by atoms with E-state index in [-0.39, 0.29) is 5.76 Å². The topological polar surface area (TPSA) is 72.6 Å². The average molecular weight is 245 g/mol. The average Bonchev–Trinajstić information content (AvgIpc) is 2.88. The molecule has 2 aromatic rings. The Morgan fingerprint density at radius 3 is 3.00 bits per heavy atom. The summed E-state index contributed by atoms with van der Waals surface area (Å²) in [6, 6.07) is 7.14. The fraction of sp³-hybridized carbons (Fsp3) is 0.231. The maximum absolute atomic E-state index is 10.7. The molecule has 0 radical (unpaired) electrons. The van der Waals surface area contributed by atoms with Crippen molar-refractivity contribution < 1.29 is 19.2 Å². The minimum absolute atomic E-state index is 0.154. The Bertz CT molecular complexity index is 603. The molecule has 0 unspecified atom stereocenters. The standard InChI is InChI=1S/C13H11NO4/c15-13(16)12-7-10(14-18-12)8-3-4-11-9(6-8)2-1-5-17-11/h3-4,6-7H,1-2,5H2,(H,15,16). The van der Waals surface area contributed by atoms with Gasteiger partial charge in [0.05, 0.1) is 6.61 Å². The van der Waals surface area contributed by atoms with Crippen LogP contribution < -0.4 is 4.74 Å². The van der Waals surface area contributed by atoms with Crippen molar-refractivity contribution in [1.82, 2.24) is 5.16 Å². The van der Waals surface area contributed by atoms with E-state index in [1.54, 1.807) is 0 Å². The Morgan fingerprint density at radius 1 is 1.33 bits per heavy atom. The summed E-state index contributed by atoms with van der Waals surface area (Å²) in [7, 11) is 0. The molecule has 2 heterocycles. The highest BCUT2D eigenvalue weighted by atomic mass is 16.5. The van der Waals surface area contributed by atoms with Gasteiger partial charge in [-0.25, -0.2) is 4.79 Å². The summed E-state index contributed by atoms with van der Waals surface area (Å²) in [5.74, 6) is -0.374. The van der Waals surface area contributed by atoms with Crippen molar-refractivity contribution in [3.8, 4) is 17.0 Å². The van der Waals surface area contributed by atoms with Crippen LogP contribution in [0.25, 0.3) is 11.3 Å². The number of carbonyl (C=O) groups is 1. The van der Waals surface area contributed by atoms with Crippen LogP contribution in [0.1, 0.15) is 22.5 Å². The number of nitrogens with zero attached hydrogens (tertiary/aromatic N) is 1. The summed E-state index contributed by atoms with van der Waals surface area (Å²) < 4.78 is 10.3. The van der Waals surface area contributed by atoms with E-state index in [1.165, 1.54) is 6.07 Å². The third kappa shape index (κ3) is 1.84. The molecule has 3 rings (SSSR count). The lowest BCUT2D eigenvalue weighted by Gasteiger charge is -2.17. The van der Waals surface area contributed by atoms with Crippen LogP contribution in [-0.4, -0.2) is 22.8 Å². The predicted molar refractivity (Wildman–Crippen MR) is 62.7 cm³/mol. The normalized spacial score (nSPS) is 13.8. The molecule has 5 heteroatoms. The second kappa shape index (κ2) is 4.18. The lowest BCUT2D eigenvalue weighted by Crippen LogP contribution is -2.08. The number of aromatic nitrogens is 1. The molecule has 1 aliphatic heterocycles. The van der Waals surface area contributed by atoms with E-state index in [1.807, 2.05) is 18.2 Å². The molecule has 5 nitrogen and oxygen atoms in total. The van der Waals surface area contributed by atoms with Gasteiger partial charge in [-0.15, -0.1) is 0 Å². The highest BCUT2D eigenvalue weighted by Gasteiger charge is 2.15. The van der Waals surface area contributed by atoms with E-state index in [0.29, 0.717) is 5.69 Å². The number of benzene rings is 1. The molecule has 92 valence electrons. The number of hydrogen-bond donors (Lipinski definition) is 1. The minimum atomic E-state index is -1.12. The zero-order valence-corrected chi connectivity index (χ0v) is 9.55. The number of fused-ring (bicyclic) bond motifs is 1. The summed E-state index contributed by atoms with van der Waals surface area (Å²) in [6.07, 6.45) is 1.96. The van der Waals surface area contributed by atoms with Gasteiger partial charge in [0.25, 0.3) is 0 Å². The van der Waals surface area contributed by atoms with Crippen molar-refractivity contribution in [3.63, 3.8) is 0 Å². The molecule has 0 bridgehead atoms. The van der Waals surface area contributed by atoms with Crippen molar-refractivity contribution in [2.75, 3.05) is 6.61 Å². The first-order valence-electron chi connectivity index (χ1n) is 5.70. The van der Waals surface area contributed by atoms with E-state index in [2.05, 4.69) is 5.16 Å². The lowest BCUT2D eigenvalue weighted by atomic mass is 10.0. The Morgan fingerprint density at radius 2 is 2.22 bits per heavy atom. The Balaban J connectivity index is 1.98. The predicted octanol–water partition coefficient (Wildman–Crippen LogP) is 2.36. The van der Waals surface area contributed by atoms with E-state index < -0.39 is 5.97 Å². The SMILES string of the molecule is O=C(O)c1cc(-c2ccc3c(c2)CCCO3)no1. The number of rotatable bonds is 2. The van der Waals surface area contributed by atoms with E-state index in [9.17, 15) is 4.79 Å². The summed E-state index contributed by atoms with van der Waals surface area (Å²) in [4.78, 5) is 10.7. The summed E-state index contributed by atoms with van der Waals surface area (Å²) in [6.45, 7) is 0.749. The van der Waals surface area contributed by atoms with Gasteiger partial charge in [0.1, 0.15) is 11.4 Å². The monoisotopic (exact) mass is 245 g/mol. The molecule has 0 saturated carbocycles. The maximum atomic E-state index is 10.7. The highest BCUT2D eigenvalue weighted by molar-refractivity contribution is 5.85. The number of ether oxygens (including phenoxy) is 1. The number of carboxylic acids is 1. The van der Waals surface area contributed by atoms with Gasteiger partial charge < -0.3 is 14.4 Å². The number of carboxylic acid groups (broad SMARTS) is 1. The third-order valence-corrected chi connectivity index (χ3v) is 2.93. The van der Waals surface area contributed by atoms with Gasteiger partial charge in [-0.05, 0) is 36.6 Å². The number of aryl methyl sites for hydroxylation is 1. The van der Waals surface area contributed by atoms with Gasteiger partial charge >= 0.3 is 5.97 Å². The fourth-order valence-electron chi connectivity index (χ4n) is 2.03. The van der Waals surface area contributed by atoms with Crippen LogP contribution in [0, 0.1) is 0 Å². The van der Waals surface area contributed by atoms with Gasteiger partial charge in [-0.3, -0.25) is 0 Å². The molecule has 0 spiro atoms. The lowest BCUT2D eigenvalue weighted by molar-refractivity contribution is 0.0652. The molecule has 0 aliphatic carbocycles. The Labute approximate surface area is 103 Å². The van der Waals surface area contributed by atoms with Crippen LogP contribution in [0.5, 0.6) is 5.75 Å². The van der Waals surface area contributed by atoms with Gasteiger partial charge in [0.15, 0.2) is 0 Å². The smallest absolute Gasteiger partial charge is 0.374 e. The van der Waals surface area contributed by atoms with Crippen LogP contribution in [0.3, 0.4) is 0 Å². The van der Waals surface area contributed by atoms with Gasteiger partial charge in [0.2, 0.25) is 5.76 Å². The van der Waals surface area contributed by atoms with Crippen LogP contribution in [0.2, 0.25) is 0 Å². The molecule has 0 amide bonds. The van der Waals surface area contributed by atoms with E-state index in [0.717, 1.165) is 36.3 Å². The number of aromatic carboxylic acids is 1. The molecular weight excluding hydrogens is 234 g/mol. The summed E-state index contributed by atoms with van der Waals surface area (Å²) in [5, 5.41) is 12.5. The first-order chi connectivity index (χ1) is 8.74. The second-order valence-electron chi connectivity index (χ2n) is 4.16. The largest absolute Gasteiger partial charge is 0.493 e. The molecule has 0 fully saturated rings. The minimum Gasteiger partial charge on any atom is -0.493 e. The molecule has 1 N–H and O–H groups in total. The van der Waals surface area contributed by atoms with Crippen molar-refractivity contribution in [1.29, 1.82) is 0 Å². The van der Waals surface area contributed by atoms with E-state index in [4.69, 9.17) is 14.4 Å². The Kier molecular flexibility index (Phi) is 2.51. The zero-order valence-electron chi connectivity index (χ0n) is 9.55. The summed E-state index contributed by atoms with van der Waals surface area (Å²) >= 11 is 0. The molecule has 18 heavy (non-hydrogen) atoms. The Hall–Kier alpha value is -2.30. The molecule has 1 aromatic heterocycles. The van der Waals surface area contributed by atoms with Gasteiger partial charge in [-0.2, -0.15) is 0 Å². The molecule has 0 atom stereocenters. The molecule has 1 aliphatic rings. The van der Waals surface area contributed by atoms with Crippen LogP contribution in [0.4, 0.5) is 0 Å². The maximum Gasteiger partial charge on any atom is 0.374 e. The first kappa shape index (κ1) is 10.8. The second-order valence-corrected chi connectivity index (χ2v) is 4.16. The third-order valence-electron chi connectivity index (χ3n) is 2.93. The van der Waals surface area contributed by atoms with E-state index >= 15 is 0 Å². The fourth-order valence-corrected chi connectivity index (χ4v) is 2.03. The van der Waals surface area contributed by atoms with Gasteiger partial charge in [-0.1, -0.05) is 5.16 Å². The highest BCUT2D eigenvalue weighted by Crippen LogP contribution is 2.29. The van der Waals surface area contributed by atoms with Crippen LogP contribution in [0.15, 0.2) is 28.8 Å². The van der Waals surface area contributed by atoms with Crippen LogP contribution >= 0.6 is 0 Å². The summed E-state index contributed by atoms with van der Waals surface area (Å²) in [5.41, 5.74) is 2.50. The quantitative estimate of drug-likeness (QED) is 0.879. The molecule has 0 saturated heterocycles. The van der Waals surface area contributed by atoms with Crippen molar-refractivity contribution in [2.24, 2.45) is 0 Å². The van der Waals surface area contributed by atoms with Gasteiger partial charge in [0, 0.05) is 11.6 Å². The van der Waals surface area contributed by atoms with Crippen molar-refractivity contribution >= 4 is 5.97 Å². The first-order valence-corrected chi connectivity index (χ1v) is 5.70. The molecular formula is C13H11NO4. The van der Waals surface area contributed by atoms with Crippen LogP contribution in [-0.2, 0) is 6.42 Å². The molecule has 1 aromatic carbocycles. The number of hydrogen-bond acceptors (Lipinski definition) is 4. The van der Waals surface area contributed by atoms with Crippen molar-refractivity contribution in [3.05, 3.63) is 35.6 Å². The zero-order chi connectivity index (χ0) is 12.5. The van der Waals surface area contributed by atoms with Crippen molar-refractivity contribution in [2.45, 2.75) is 12.8 Å².